The van der Waals surface area contributed by atoms with E-state index in [-0.39, 0.29) is 23.4 Å². The Bertz CT molecular complexity index is 1990. The number of hydrogen-bond donors (Lipinski definition) is 2. The molecule has 6 atom stereocenters. The highest BCUT2D eigenvalue weighted by molar-refractivity contribution is 7.52. The van der Waals surface area contributed by atoms with E-state index in [2.05, 4.69) is 26.0 Å². The van der Waals surface area contributed by atoms with E-state index in [9.17, 15) is 14.5 Å². The summed E-state index contributed by atoms with van der Waals surface area (Å²) in [4.78, 5) is 28.5. The van der Waals surface area contributed by atoms with Crippen molar-refractivity contribution in [3.63, 3.8) is 0 Å². The van der Waals surface area contributed by atoms with Crippen LogP contribution in [-0.4, -0.2) is 80.8 Å². The maximum absolute atomic E-state index is 16.6. The van der Waals surface area contributed by atoms with Gasteiger partial charge in [-0.05, 0) is 43.6 Å². The lowest BCUT2D eigenvalue weighted by atomic mass is 9.97. The minimum atomic E-state index is -4.46. The molecule has 1 saturated heterocycles. The Morgan fingerprint density at radius 2 is 1.98 bits per heavy atom. The number of alkyl halides is 1. The Labute approximate surface area is 290 Å². The average molecular weight is 709 g/mol. The van der Waals surface area contributed by atoms with Gasteiger partial charge in [-0.3, -0.25) is 13.9 Å². The first kappa shape index (κ1) is 35.7. The predicted octanol–water partition coefficient (Wildman–Crippen LogP) is 5.26. The number of nitrogens with one attached hydrogen (secondary N) is 1. The summed E-state index contributed by atoms with van der Waals surface area (Å²) in [6.45, 7) is 8.37. The third kappa shape index (κ3) is 7.20. The van der Waals surface area contributed by atoms with Crippen molar-refractivity contribution in [2.45, 2.75) is 83.6 Å². The second kappa shape index (κ2) is 13.5. The molecule has 0 bridgehead atoms. The molecule has 2 N–H and O–H groups in total. The van der Waals surface area contributed by atoms with Crippen LogP contribution in [0.25, 0.3) is 21.9 Å². The molecule has 1 aliphatic heterocycles. The van der Waals surface area contributed by atoms with Crippen molar-refractivity contribution in [1.82, 2.24) is 24.6 Å². The number of ether oxygens (including phenoxy) is 2. The zero-order valence-corrected chi connectivity index (χ0v) is 29.8. The molecule has 1 unspecified atom stereocenters. The first-order valence-electron chi connectivity index (χ1n) is 16.4. The van der Waals surface area contributed by atoms with Crippen LogP contribution in [0.4, 0.5) is 10.2 Å². The number of nitrogens with zero attached hydrogens (tertiary/aromatic N) is 5. The molecule has 2 aromatic carbocycles. The molecule has 0 radical (unpaired) electrons. The third-order valence-corrected chi connectivity index (χ3v) is 10.2. The fourth-order valence-corrected chi connectivity index (χ4v) is 7.26. The number of carbonyl (C=O) groups excluding carboxylic acids is 1. The van der Waals surface area contributed by atoms with Crippen LogP contribution in [0.1, 0.15) is 52.6 Å². The Morgan fingerprint density at radius 1 is 1.26 bits per heavy atom. The van der Waals surface area contributed by atoms with E-state index in [0.717, 1.165) is 18.2 Å². The number of halogens is 1. The quantitative estimate of drug-likeness (QED) is 0.112. The second-order valence-corrected chi connectivity index (χ2v) is 15.7. The predicted molar refractivity (Wildman–Crippen MR) is 185 cm³/mol. The van der Waals surface area contributed by atoms with E-state index < -0.39 is 50.5 Å². The van der Waals surface area contributed by atoms with Crippen LogP contribution in [0.5, 0.6) is 5.75 Å². The van der Waals surface area contributed by atoms with Gasteiger partial charge in [-0.25, -0.2) is 23.9 Å². The van der Waals surface area contributed by atoms with Crippen molar-refractivity contribution in [2.24, 2.45) is 5.41 Å². The van der Waals surface area contributed by atoms with Gasteiger partial charge in [-0.15, -0.1) is 6.42 Å². The highest BCUT2D eigenvalue weighted by Gasteiger charge is 2.58. The lowest BCUT2D eigenvalue weighted by molar-refractivity contribution is -0.148. The number of benzene rings is 2. The van der Waals surface area contributed by atoms with Gasteiger partial charge < -0.3 is 24.0 Å². The monoisotopic (exact) mass is 708 g/mol. The lowest BCUT2D eigenvalue weighted by Crippen LogP contribution is -2.42. The summed E-state index contributed by atoms with van der Waals surface area (Å²) >= 11 is 0. The minimum Gasteiger partial charge on any atom is -0.464 e. The van der Waals surface area contributed by atoms with Crippen LogP contribution in [0.3, 0.4) is 0 Å². The maximum Gasteiger partial charge on any atom is 0.459 e. The number of aliphatic hydroxyl groups excluding tert-OH is 1. The molecule has 50 heavy (non-hydrogen) atoms. The summed E-state index contributed by atoms with van der Waals surface area (Å²) in [5, 5.41) is 15.3. The van der Waals surface area contributed by atoms with E-state index in [1.54, 1.807) is 31.2 Å². The number of imidazole rings is 1. The molecule has 1 aliphatic carbocycles. The number of aliphatic hydroxyl groups is 1. The van der Waals surface area contributed by atoms with Gasteiger partial charge in [-0.2, -0.15) is 5.09 Å². The van der Waals surface area contributed by atoms with Gasteiger partial charge in [0.05, 0.1) is 19.5 Å². The molecule has 2 aromatic heterocycles. The molecule has 13 nitrogen and oxygen atoms in total. The molecule has 0 spiro atoms. The number of carbonyl (C=O) groups is 1. The van der Waals surface area contributed by atoms with Gasteiger partial charge >= 0.3 is 13.7 Å². The van der Waals surface area contributed by atoms with Gasteiger partial charge in [-0.1, -0.05) is 63.1 Å². The maximum atomic E-state index is 16.6. The number of aromatic nitrogens is 4. The van der Waals surface area contributed by atoms with Crippen LogP contribution in [0, 0.1) is 24.7 Å². The Balaban J connectivity index is 1.27. The molecule has 266 valence electrons. The van der Waals surface area contributed by atoms with E-state index in [4.69, 9.17) is 24.9 Å². The van der Waals surface area contributed by atoms with Crippen LogP contribution < -0.4 is 14.5 Å². The molecular weight excluding hydrogens is 666 g/mol. The van der Waals surface area contributed by atoms with Crippen LogP contribution in [0.2, 0.25) is 0 Å². The first-order valence-corrected chi connectivity index (χ1v) is 18.0. The number of anilines is 1. The molecule has 4 aromatic rings. The zero-order valence-electron chi connectivity index (χ0n) is 28.9. The Kier molecular flexibility index (Phi) is 9.67. The SMILES string of the molecule is C#C[C@@]1(F)[C@H](O)[C@@H](COP(=O)(N[C@@H](C)C(=O)OCC(C)(C)C)Oc2cccc3ccccc23)O[C@H]1n1cnc2c(N(C)C3CC3)nc(C)nc21. The van der Waals surface area contributed by atoms with E-state index in [1.807, 2.05) is 50.9 Å². The van der Waals surface area contributed by atoms with Crippen molar-refractivity contribution in [3.8, 4) is 18.1 Å². The summed E-state index contributed by atoms with van der Waals surface area (Å²) in [5.74, 6) is 2.59. The molecule has 1 saturated carbocycles. The lowest BCUT2D eigenvalue weighted by Gasteiger charge is -2.26. The van der Waals surface area contributed by atoms with Crippen LogP contribution in [-0.2, 0) is 23.4 Å². The number of hydrogen-bond acceptors (Lipinski definition) is 11. The number of esters is 1. The standard InChI is InChI=1S/C35H42FN6O7P/c1-8-35(36)29(43)27(48-33(35)42-20-37-28-30(41(7)24-16-17-24)38-22(3)39-31(28)42)18-47-50(45,40-21(2)32(44)46-19-34(4,5)6)49-26-15-11-13-23-12-9-10-14-25(23)26/h1,9-15,20-21,24,27,29,33,43H,16-19H2,2-7H3,(H,40,45)/t21-,27+,29+,33+,35+,50?/m0/s1. The smallest absolute Gasteiger partial charge is 0.459 e. The van der Waals surface area contributed by atoms with E-state index in [1.165, 1.54) is 17.8 Å². The second-order valence-electron chi connectivity index (χ2n) is 14.0. The minimum absolute atomic E-state index is 0.118. The fourth-order valence-electron chi connectivity index (χ4n) is 5.74. The van der Waals surface area contributed by atoms with Crippen molar-refractivity contribution in [1.29, 1.82) is 0 Å². The van der Waals surface area contributed by atoms with Crippen molar-refractivity contribution < 1.29 is 37.4 Å². The van der Waals surface area contributed by atoms with Gasteiger partial charge in [0.1, 0.15) is 29.8 Å². The van der Waals surface area contributed by atoms with Crippen molar-refractivity contribution in [3.05, 3.63) is 54.6 Å². The molecule has 15 heteroatoms. The fraction of sp³-hybridized carbons (Fsp3) is 0.486. The molecule has 3 heterocycles. The summed E-state index contributed by atoms with van der Waals surface area (Å²) in [7, 11) is -2.54. The van der Waals surface area contributed by atoms with Crippen LogP contribution in [0.15, 0.2) is 48.8 Å². The molecule has 6 rings (SSSR count). The van der Waals surface area contributed by atoms with Gasteiger partial charge in [0.25, 0.3) is 0 Å². The molecule has 0 amide bonds. The zero-order chi connectivity index (χ0) is 36.0. The molecular formula is C35H42FN6O7P. The number of fused-ring (bicyclic) bond motifs is 2. The Morgan fingerprint density at radius 3 is 2.68 bits per heavy atom. The Hall–Kier alpha value is -4.12. The van der Waals surface area contributed by atoms with Crippen LogP contribution >= 0.6 is 7.75 Å². The normalized spacial score (nSPS) is 24.1. The average Bonchev–Trinajstić information content (AvgIpc) is 3.80. The topological polar surface area (TPSA) is 150 Å². The first-order chi connectivity index (χ1) is 23.6. The van der Waals surface area contributed by atoms with Crippen molar-refractivity contribution >= 4 is 41.5 Å². The molecule has 2 fully saturated rings. The third-order valence-electron chi connectivity index (χ3n) is 8.59. The van der Waals surface area contributed by atoms with E-state index in [0.29, 0.717) is 28.6 Å². The largest absolute Gasteiger partial charge is 0.464 e. The van der Waals surface area contributed by atoms with Gasteiger partial charge in [0.15, 0.2) is 23.2 Å². The highest BCUT2D eigenvalue weighted by atomic mass is 31.2. The number of aryl methyl sites for hydroxylation is 1. The summed E-state index contributed by atoms with van der Waals surface area (Å²) < 4.78 is 55.7. The van der Waals surface area contributed by atoms with Crippen molar-refractivity contribution in [2.75, 3.05) is 25.2 Å². The van der Waals surface area contributed by atoms with Gasteiger partial charge in [0, 0.05) is 18.5 Å². The van der Waals surface area contributed by atoms with E-state index >= 15 is 4.39 Å². The summed E-state index contributed by atoms with van der Waals surface area (Å²) in [6, 6.07) is 11.6. The highest BCUT2D eigenvalue weighted by Crippen LogP contribution is 2.49. The molecule has 2 aliphatic rings. The number of rotatable bonds is 12. The summed E-state index contributed by atoms with van der Waals surface area (Å²) in [6.07, 6.45) is 4.14. The summed E-state index contributed by atoms with van der Waals surface area (Å²) in [5.41, 5.74) is -2.38. The van der Waals surface area contributed by atoms with Gasteiger partial charge in [0.2, 0.25) is 5.67 Å². The number of terminal acetylenes is 1.